The molecule has 10 heteroatoms. The number of aliphatic hydroxyl groups excluding tert-OH is 1. The van der Waals surface area contributed by atoms with Crippen LogP contribution in [-0.4, -0.2) is 75.1 Å². The van der Waals surface area contributed by atoms with Crippen LogP contribution >= 0.6 is 15.9 Å². The largest absolute Gasteiger partial charge is 0.494 e. The fourth-order valence-corrected chi connectivity index (χ4v) is 7.29. The van der Waals surface area contributed by atoms with Crippen LogP contribution in [0, 0.1) is 17.8 Å². The fraction of sp³-hybridized carbons (Fsp3) is 0.679. The SMILES string of the molecule is CCOc1ccc(NC(=O)[C@H]2[C@@H]3OC4(CC3Br)C(C(=O)NC(C)(C)C)N([C@@H](CO)CC(C)C)C(=O)[C@H]24)cc1. The molecule has 1 spiro atoms. The van der Waals surface area contributed by atoms with Crippen LogP contribution in [0.25, 0.3) is 0 Å². The smallest absolute Gasteiger partial charge is 0.246 e. The topological polar surface area (TPSA) is 117 Å². The minimum atomic E-state index is -1.17. The lowest BCUT2D eigenvalue weighted by molar-refractivity contribution is -0.146. The van der Waals surface area contributed by atoms with E-state index in [1.807, 2.05) is 41.5 Å². The second kappa shape index (κ2) is 10.8. The number of amides is 3. The van der Waals surface area contributed by atoms with Crippen molar-refractivity contribution in [3.63, 3.8) is 0 Å². The molecule has 7 atom stereocenters. The number of carbonyl (C=O) groups is 3. The number of rotatable bonds is 9. The number of ether oxygens (including phenoxy) is 2. The summed E-state index contributed by atoms with van der Waals surface area (Å²) in [5, 5.41) is 16.3. The quantitative estimate of drug-likeness (QED) is 0.379. The van der Waals surface area contributed by atoms with Crippen molar-refractivity contribution in [3.05, 3.63) is 24.3 Å². The highest BCUT2D eigenvalue weighted by Gasteiger charge is 2.77. The van der Waals surface area contributed by atoms with E-state index in [0.717, 1.165) is 0 Å². The number of hydrogen-bond acceptors (Lipinski definition) is 6. The molecule has 1 aromatic rings. The molecule has 3 N–H and O–H groups in total. The third-order valence-electron chi connectivity index (χ3n) is 7.56. The number of fused-ring (bicyclic) bond motifs is 1. The molecule has 1 aromatic carbocycles. The van der Waals surface area contributed by atoms with Gasteiger partial charge < -0.3 is 30.1 Å². The molecular weight excluding hydrogens is 554 g/mol. The second-order valence-electron chi connectivity index (χ2n) is 12.1. The molecule has 3 unspecified atom stereocenters. The molecule has 38 heavy (non-hydrogen) atoms. The molecule has 0 aromatic heterocycles. The predicted molar refractivity (Wildman–Crippen MR) is 147 cm³/mol. The van der Waals surface area contributed by atoms with Gasteiger partial charge in [0.05, 0.1) is 37.2 Å². The van der Waals surface area contributed by atoms with Crippen molar-refractivity contribution < 1.29 is 29.0 Å². The van der Waals surface area contributed by atoms with Crippen LogP contribution in [0.4, 0.5) is 5.69 Å². The van der Waals surface area contributed by atoms with Crippen molar-refractivity contribution in [1.29, 1.82) is 0 Å². The van der Waals surface area contributed by atoms with Crippen molar-refractivity contribution in [2.24, 2.45) is 17.8 Å². The Hall–Kier alpha value is -2.17. The van der Waals surface area contributed by atoms with Crippen LogP contribution in [0.15, 0.2) is 24.3 Å². The fourth-order valence-electron chi connectivity index (χ4n) is 6.34. The van der Waals surface area contributed by atoms with E-state index in [9.17, 15) is 19.5 Å². The summed E-state index contributed by atoms with van der Waals surface area (Å²) in [5.74, 6) is -1.71. The summed E-state index contributed by atoms with van der Waals surface area (Å²) >= 11 is 3.69. The Morgan fingerprint density at radius 1 is 1.24 bits per heavy atom. The summed E-state index contributed by atoms with van der Waals surface area (Å²) < 4.78 is 12.0. The zero-order chi connectivity index (χ0) is 28.0. The van der Waals surface area contributed by atoms with Gasteiger partial charge in [-0.3, -0.25) is 14.4 Å². The minimum Gasteiger partial charge on any atom is -0.494 e. The lowest BCUT2D eigenvalue weighted by atomic mass is 9.70. The van der Waals surface area contributed by atoms with Crippen molar-refractivity contribution in [1.82, 2.24) is 10.2 Å². The van der Waals surface area contributed by atoms with Gasteiger partial charge in [0, 0.05) is 16.1 Å². The molecule has 3 fully saturated rings. The van der Waals surface area contributed by atoms with Crippen molar-refractivity contribution >= 4 is 39.3 Å². The molecule has 3 saturated heterocycles. The second-order valence-corrected chi connectivity index (χ2v) is 13.2. The molecule has 0 radical (unpaired) electrons. The number of carbonyl (C=O) groups excluding carboxylic acids is 3. The van der Waals surface area contributed by atoms with Crippen molar-refractivity contribution in [2.45, 2.75) is 88.5 Å². The Kier molecular flexibility index (Phi) is 8.17. The first-order valence-corrected chi connectivity index (χ1v) is 14.3. The monoisotopic (exact) mass is 593 g/mol. The first-order chi connectivity index (χ1) is 17.8. The van der Waals surface area contributed by atoms with Gasteiger partial charge in [-0.25, -0.2) is 0 Å². The summed E-state index contributed by atoms with van der Waals surface area (Å²) in [6.45, 7) is 11.8. The number of alkyl halides is 1. The van der Waals surface area contributed by atoms with Gasteiger partial charge in [0.2, 0.25) is 17.7 Å². The van der Waals surface area contributed by atoms with Gasteiger partial charge in [-0.2, -0.15) is 0 Å². The van der Waals surface area contributed by atoms with E-state index in [2.05, 4.69) is 26.6 Å². The zero-order valence-corrected chi connectivity index (χ0v) is 24.6. The maximum atomic E-state index is 14.2. The molecule has 3 heterocycles. The summed E-state index contributed by atoms with van der Waals surface area (Å²) in [7, 11) is 0. The molecular formula is C28H40BrN3O6. The average molecular weight is 595 g/mol. The number of halogens is 1. The van der Waals surface area contributed by atoms with E-state index >= 15 is 0 Å². The van der Waals surface area contributed by atoms with Crippen LogP contribution in [0.1, 0.15) is 54.4 Å². The maximum Gasteiger partial charge on any atom is 0.246 e. The van der Waals surface area contributed by atoms with Crippen LogP contribution in [0.2, 0.25) is 0 Å². The Bertz CT molecular complexity index is 1060. The summed E-state index contributed by atoms with van der Waals surface area (Å²) in [4.78, 5) is 43.0. The molecule has 9 nitrogen and oxygen atoms in total. The molecule has 3 aliphatic heterocycles. The van der Waals surface area contributed by atoms with E-state index in [-0.39, 0.29) is 35.1 Å². The van der Waals surface area contributed by atoms with Crippen molar-refractivity contribution in [2.75, 3.05) is 18.5 Å². The van der Waals surface area contributed by atoms with Crippen LogP contribution in [0.5, 0.6) is 5.75 Å². The normalized spacial score (nSPS) is 30.9. The minimum absolute atomic E-state index is 0.184. The summed E-state index contributed by atoms with van der Waals surface area (Å²) in [6, 6.07) is 5.54. The van der Waals surface area contributed by atoms with Crippen LogP contribution in [0.3, 0.4) is 0 Å². The highest BCUT2D eigenvalue weighted by Crippen LogP contribution is 2.60. The van der Waals surface area contributed by atoms with E-state index in [1.54, 1.807) is 24.3 Å². The molecule has 2 bridgehead atoms. The van der Waals surface area contributed by atoms with Gasteiger partial charge in [0.25, 0.3) is 0 Å². The third kappa shape index (κ3) is 5.19. The Labute approximate surface area is 233 Å². The number of likely N-dealkylation sites (tertiary alicyclic amines) is 1. The third-order valence-corrected chi connectivity index (χ3v) is 8.40. The lowest BCUT2D eigenvalue weighted by Gasteiger charge is -2.38. The number of aliphatic hydroxyl groups is 1. The molecule has 4 rings (SSSR count). The molecule has 0 aliphatic carbocycles. The van der Waals surface area contributed by atoms with E-state index in [0.29, 0.717) is 30.9 Å². The van der Waals surface area contributed by atoms with E-state index < -0.39 is 41.2 Å². The van der Waals surface area contributed by atoms with Gasteiger partial charge in [0.15, 0.2) is 0 Å². The van der Waals surface area contributed by atoms with Gasteiger partial charge in [-0.05, 0) is 70.7 Å². The number of benzene rings is 1. The molecule has 3 amide bonds. The highest BCUT2D eigenvalue weighted by atomic mass is 79.9. The van der Waals surface area contributed by atoms with Gasteiger partial charge >= 0.3 is 0 Å². The molecule has 3 aliphatic rings. The van der Waals surface area contributed by atoms with Crippen molar-refractivity contribution in [3.8, 4) is 5.75 Å². The number of nitrogens with zero attached hydrogens (tertiary/aromatic N) is 1. The first-order valence-electron chi connectivity index (χ1n) is 13.4. The maximum absolute atomic E-state index is 14.2. The predicted octanol–water partition coefficient (Wildman–Crippen LogP) is 3.09. The summed E-state index contributed by atoms with van der Waals surface area (Å²) in [6.07, 6.45) is 0.380. The Balaban J connectivity index is 1.70. The van der Waals surface area contributed by atoms with Crippen LogP contribution in [-0.2, 0) is 19.1 Å². The van der Waals surface area contributed by atoms with Crippen LogP contribution < -0.4 is 15.4 Å². The van der Waals surface area contributed by atoms with E-state index in [4.69, 9.17) is 9.47 Å². The number of anilines is 1. The Morgan fingerprint density at radius 3 is 2.45 bits per heavy atom. The summed E-state index contributed by atoms with van der Waals surface area (Å²) in [5.41, 5.74) is -1.13. The van der Waals surface area contributed by atoms with Gasteiger partial charge in [-0.1, -0.05) is 29.8 Å². The lowest BCUT2D eigenvalue weighted by Crippen LogP contribution is -2.60. The highest BCUT2D eigenvalue weighted by molar-refractivity contribution is 9.09. The van der Waals surface area contributed by atoms with E-state index in [1.165, 1.54) is 4.90 Å². The molecule has 0 saturated carbocycles. The van der Waals surface area contributed by atoms with Gasteiger partial charge in [0.1, 0.15) is 17.4 Å². The average Bonchev–Trinajstić information content (AvgIpc) is 3.41. The zero-order valence-electron chi connectivity index (χ0n) is 23.0. The standard InChI is InChI=1S/C28H40BrN3O6/c1-7-37-18-10-8-16(9-11-18)30-24(34)20-21-26(36)32(17(14-33)12-15(2)3)23(25(35)31-27(4,5)6)28(21)13-19(29)22(20)38-28/h8-11,15,17,19-23,33H,7,12-14H2,1-6H3,(H,30,34)(H,31,35)/t17-,19?,20-,21+,22-,23?,28?/m1/s1. The first kappa shape index (κ1) is 28.8. The Morgan fingerprint density at radius 2 is 1.89 bits per heavy atom. The number of nitrogens with one attached hydrogen (secondary N) is 2. The van der Waals surface area contributed by atoms with Gasteiger partial charge in [-0.15, -0.1) is 0 Å². The number of hydrogen-bond donors (Lipinski definition) is 3. The molecule has 210 valence electrons.